The molecule has 0 spiro atoms. The number of aldehydes is 1. The number of ketones is 1. The van der Waals surface area contributed by atoms with Crippen molar-refractivity contribution in [1.82, 2.24) is 0 Å². The van der Waals surface area contributed by atoms with E-state index in [1.54, 1.807) is 21.0 Å². The van der Waals surface area contributed by atoms with Crippen LogP contribution < -0.4 is 0 Å². The lowest BCUT2D eigenvalue weighted by atomic mass is 9.82. The molecule has 5 unspecified atom stereocenters. The van der Waals surface area contributed by atoms with Crippen LogP contribution in [-0.4, -0.2) is 47.2 Å². The molecule has 0 saturated heterocycles. The average molecular weight is 373 g/mol. The molecule has 0 aromatic rings. The molecule has 0 saturated carbocycles. The summed E-state index contributed by atoms with van der Waals surface area (Å²) in [4.78, 5) is 23.3. The van der Waals surface area contributed by atoms with Crippen LogP contribution in [0.3, 0.4) is 0 Å². The van der Waals surface area contributed by atoms with Crippen molar-refractivity contribution in [1.29, 1.82) is 0 Å². The molecule has 0 aromatic heterocycles. The Labute approximate surface area is 159 Å². The molecule has 0 bridgehead atoms. The normalized spacial score (nSPS) is 21.1. The molecule has 0 aliphatic rings. The van der Waals surface area contributed by atoms with Crippen molar-refractivity contribution in [3.05, 3.63) is 0 Å². The van der Waals surface area contributed by atoms with Crippen LogP contribution in [0.2, 0.25) is 0 Å². The summed E-state index contributed by atoms with van der Waals surface area (Å²) in [6.07, 6.45) is 2.81. The molecular formula is C21H40O5. The summed E-state index contributed by atoms with van der Waals surface area (Å²) in [5.41, 5.74) is -1.01. The minimum absolute atomic E-state index is 0.0141. The maximum atomic E-state index is 12.5. The number of hydrogen-bond donors (Lipinski definition) is 2. The summed E-state index contributed by atoms with van der Waals surface area (Å²) in [5.74, 6) is -0.0137. The summed E-state index contributed by atoms with van der Waals surface area (Å²) in [5, 5.41) is 20.6. The van der Waals surface area contributed by atoms with Crippen molar-refractivity contribution in [3.63, 3.8) is 0 Å². The van der Waals surface area contributed by atoms with Gasteiger partial charge in [-0.2, -0.15) is 0 Å². The third kappa shape index (κ3) is 8.28. The summed E-state index contributed by atoms with van der Waals surface area (Å²) >= 11 is 0. The largest absolute Gasteiger partial charge is 0.392 e. The van der Waals surface area contributed by atoms with Crippen molar-refractivity contribution in [2.45, 2.75) is 91.5 Å². The van der Waals surface area contributed by atoms with E-state index >= 15 is 0 Å². The molecule has 26 heavy (non-hydrogen) atoms. The average Bonchev–Trinajstić information content (AvgIpc) is 2.58. The maximum absolute atomic E-state index is 12.5. The van der Waals surface area contributed by atoms with E-state index < -0.39 is 11.7 Å². The van der Waals surface area contributed by atoms with Gasteiger partial charge in [-0.15, -0.1) is 0 Å². The van der Waals surface area contributed by atoms with E-state index in [-0.39, 0.29) is 35.6 Å². The van der Waals surface area contributed by atoms with E-state index in [4.69, 9.17) is 4.74 Å². The van der Waals surface area contributed by atoms with Crippen molar-refractivity contribution in [3.8, 4) is 0 Å². The van der Waals surface area contributed by atoms with E-state index in [0.717, 1.165) is 19.1 Å². The molecule has 0 fully saturated rings. The minimum atomic E-state index is -1.01. The number of Topliss-reactive ketones (excluding diaryl/α,β-unsaturated/α-hetero) is 1. The van der Waals surface area contributed by atoms with Crippen LogP contribution >= 0.6 is 0 Å². The highest BCUT2D eigenvalue weighted by Crippen LogP contribution is 2.27. The molecule has 5 heteroatoms. The summed E-state index contributed by atoms with van der Waals surface area (Å²) in [6.45, 7) is 11.3. The van der Waals surface area contributed by atoms with Gasteiger partial charge in [-0.3, -0.25) is 4.79 Å². The second-order valence-corrected chi connectivity index (χ2v) is 8.40. The SMILES string of the molecule is CCC(OC)[C@@](C)(O)CCC(=O)[C@H](C)CC(C)CC(C)C(O)C(C)C=O. The van der Waals surface area contributed by atoms with Gasteiger partial charge in [0, 0.05) is 25.4 Å². The quantitative estimate of drug-likeness (QED) is 0.457. The van der Waals surface area contributed by atoms with Gasteiger partial charge in [-0.05, 0) is 44.4 Å². The number of hydrogen-bond acceptors (Lipinski definition) is 5. The van der Waals surface area contributed by atoms with Crippen LogP contribution in [0, 0.1) is 23.7 Å². The molecule has 0 radical (unpaired) electrons. The van der Waals surface area contributed by atoms with E-state index in [0.29, 0.717) is 19.3 Å². The Morgan fingerprint density at radius 1 is 1.19 bits per heavy atom. The van der Waals surface area contributed by atoms with Gasteiger partial charge in [0.05, 0.1) is 17.8 Å². The van der Waals surface area contributed by atoms with Gasteiger partial charge in [-0.25, -0.2) is 0 Å². The summed E-state index contributed by atoms with van der Waals surface area (Å²) in [6, 6.07) is 0. The first kappa shape index (κ1) is 25.2. The number of ether oxygens (including phenoxy) is 1. The first-order valence-corrected chi connectivity index (χ1v) is 9.91. The zero-order valence-electron chi connectivity index (χ0n) is 17.7. The zero-order chi connectivity index (χ0) is 20.5. The molecule has 0 amide bonds. The third-order valence-electron chi connectivity index (χ3n) is 5.64. The van der Waals surface area contributed by atoms with Crippen LogP contribution in [-0.2, 0) is 14.3 Å². The van der Waals surface area contributed by atoms with Crippen molar-refractivity contribution in [2.24, 2.45) is 23.7 Å². The van der Waals surface area contributed by atoms with E-state index in [1.165, 1.54) is 0 Å². The molecule has 2 N–H and O–H groups in total. The smallest absolute Gasteiger partial charge is 0.135 e. The molecule has 7 atom stereocenters. The molecule has 154 valence electrons. The maximum Gasteiger partial charge on any atom is 0.135 e. The lowest BCUT2D eigenvalue weighted by Crippen LogP contribution is -2.40. The number of aliphatic hydroxyl groups is 2. The van der Waals surface area contributed by atoms with Crippen molar-refractivity contribution in [2.75, 3.05) is 7.11 Å². The van der Waals surface area contributed by atoms with Gasteiger partial charge in [0.2, 0.25) is 0 Å². The standard InChI is InChI=1S/C21H40O5/c1-8-19(26-7)21(6,25)10-9-18(23)15(3)11-14(2)12-16(4)20(24)17(5)13-22/h13-17,19-20,24-25H,8-12H2,1-7H3/t14?,15-,16?,17?,19?,20?,21+/m1/s1. The first-order valence-electron chi connectivity index (χ1n) is 9.91. The number of rotatable bonds is 14. The van der Waals surface area contributed by atoms with Crippen LogP contribution in [0.1, 0.15) is 73.6 Å². The Morgan fingerprint density at radius 3 is 2.23 bits per heavy atom. The van der Waals surface area contributed by atoms with E-state index in [9.17, 15) is 19.8 Å². The number of carbonyl (C=O) groups excluding carboxylic acids is 2. The highest BCUT2D eigenvalue weighted by atomic mass is 16.5. The third-order valence-corrected chi connectivity index (χ3v) is 5.64. The fourth-order valence-corrected chi connectivity index (χ4v) is 3.85. The highest BCUT2D eigenvalue weighted by molar-refractivity contribution is 5.80. The number of aliphatic hydroxyl groups excluding tert-OH is 1. The molecule has 0 heterocycles. The van der Waals surface area contributed by atoms with Crippen LogP contribution in [0.5, 0.6) is 0 Å². The molecule has 0 aliphatic heterocycles. The lowest BCUT2D eigenvalue weighted by Gasteiger charge is -2.31. The fraction of sp³-hybridized carbons (Fsp3) is 0.905. The summed E-state index contributed by atoms with van der Waals surface area (Å²) < 4.78 is 5.31. The number of methoxy groups -OCH3 is 1. The van der Waals surface area contributed by atoms with Crippen LogP contribution in [0.15, 0.2) is 0 Å². The zero-order valence-corrected chi connectivity index (χ0v) is 17.7. The van der Waals surface area contributed by atoms with Crippen molar-refractivity contribution >= 4 is 12.1 Å². The van der Waals surface area contributed by atoms with Crippen LogP contribution in [0.25, 0.3) is 0 Å². The molecular weight excluding hydrogens is 332 g/mol. The topological polar surface area (TPSA) is 83.8 Å². The second-order valence-electron chi connectivity index (χ2n) is 8.40. The Kier molecular flexibility index (Phi) is 11.5. The fourth-order valence-electron chi connectivity index (χ4n) is 3.85. The molecule has 0 rings (SSSR count). The van der Waals surface area contributed by atoms with Gasteiger partial charge < -0.3 is 19.7 Å². The minimum Gasteiger partial charge on any atom is -0.392 e. The van der Waals surface area contributed by atoms with Gasteiger partial charge in [0.25, 0.3) is 0 Å². The monoisotopic (exact) mass is 372 g/mol. The highest BCUT2D eigenvalue weighted by Gasteiger charge is 2.32. The Morgan fingerprint density at radius 2 is 1.77 bits per heavy atom. The predicted molar refractivity (Wildman–Crippen MR) is 104 cm³/mol. The van der Waals surface area contributed by atoms with Gasteiger partial charge >= 0.3 is 0 Å². The molecule has 5 nitrogen and oxygen atoms in total. The van der Waals surface area contributed by atoms with Crippen molar-refractivity contribution < 1.29 is 24.5 Å². The van der Waals surface area contributed by atoms with E-state index in [1.807, 2.05) is 20.8 Å². The Hall–Kier alpha value is -0.780. The lowest BCUT2D eigenvalue weighted by molar-refractivity contribution is -0.127. The Balaban J connectivity index is 4.47. The van der Waals surface area contributed by atoms with Gasteiger partial charge in [0.15, 0.2) is 0 Å². The second kappa shape index (κ2) is 11.8. The Bertz CT molecular complexity index is 417. The predicted octanol–water partition coefficient (Wildman–Crippen LogP) is 3.40. The molecule has 0 aliphatic carbocycles. The first-order chi connectivity index (χ1) is 12.0. The van der Waals surface area contributed by atoms with Crippen LogP contribution in [0.4, 0.5) is 0 Å². The van der Waals surface area contributed by atoms with Gasteiger partial charge in [-0.1, -0.05) is 34.6 Å². The van der Waals surface area contributed by atoms with Gasteiger partial charge in [0.1, 0.15) is 12.1 Å². The number of carbonyl (C=O) groups is 2. The summed E-state index contributed by atoms with van der Waals surface area (Å²) in [7, 11) is 1.58. The molecule has 0 aromatic carbocycles. The van der Waals surface area contributed by atoms with E-state index in [2.05, 4.69) is 6.92 Å².